The van der Waals surface area contributed by atoms with Crippen molar-refractivity contribution in [3.63, 3.8) is 0 Å². The van der Waals surface area contributed by atoms with Crippen LogP contribution in [0.25, 0.3) is 11.1 Å². The highest BCUT2D eigenvalue weighted by Crippen LogP contribution is 2.38. The number of rotatable bonds is 8. The van der Waals surface area contributed by atoms with Crippen molar-refractivity contribution in [3.05, 3.63) is 94.0 Å². The van der Waals surface area contributed by atoms with Crippen LogP contribution in [-0.2, 0) is 9.47 Å². The van der Waals surface area contributed by atoms with Crippen LogP contribution >= 0.6 is 11.6 Å². The zero-order valence-corrected chi connectivity index (χ0v) is 29.0. The van der Waals surface area contributed by atoms with Crippen molar-refractivity contribution < 1.29 is 32.6 Å². The standard InChI is InChI=1S/C37H44ClF2N3O5/c1-36(2,3)47-34(45)42-24-13-15-25(16-14-24)43(35(46)48-37(4,5)6)21-28(22-10-8-7-9-11-22)23-12-18-29(38)27(20-23)31-26(33(41)44)17-19-30(39)32(31)40/h7-12,17-20,24-25,28H,13-16,21H2,1-6H3,(H2,41,44)(H,42,45). The highest BCUT2D eigenvalue weighted by molar-refractivity contribution is 6.33. The number of hydrogen-bond donors (Lipinski definition) is 2. The smallest absolute Gasteiger partial charge is 0.410 e. The molecule has 0 saturated heterocycles. The molecule has 4 rings (SSSR count). The average Bonchev–Trinajstić information content (AvgIpc) is 2.98. The molecule has 0 radical (unpaired) electrons. The van der Waals surface area contributed by atoms with Gasteiger partial charge in [-0.05, 0) is 103 Å². The van der Waals surface area contributed by atoms with Crippen LogP contribution in [-0.4, -0.2) is 52.8 Å². The zero-order chi connectivity index (χ0) is 35.4. The maximum atomic E-state index is 15.3. The topological polar surface area (TPSA) is 111 Å². The molecule has 0 heterocycles. The molecule has 1 unspecified atom stereocenters. The van der Waals surface area contributed by atoms with E-state index in [1.165, 1.54) is 0 Å². The first-order valence-corrected chi connectivity index (χ1v) is 16.4. The Morgan fingerprint density at radius 2 is 1.52 bits per heavy atom. The van der Waals surface area contributed by atoms with Gasteiger partial charge in [-0.2, -0.15) is 0 Å². The summed E-state index contributed by atoms with van der Waals surface area (Å²) in [6, 6.07) is 16.1. The van der Waals surface area contributed by atoms with Crippen LogP contribution in [0, 0.1) is 11.6 Å². The van der Waals surface area contributed by atoms with E-state index in [1.54, 1.807) is 64.6 Å². The Kier molecular flexibility index (Phi) is 11.4. The van der Waals surface area contributed by atoms with E-state index in [0.717, 1.165) is 17.7 Å². The number of amides is 3. The Bertz CT molecular complexity index is 1630. The lowest BCUT2D eigenvalue weighted by Gasteiger charge is -2.39. The first-order valence-electron chi connectivity index (χ1n) is 16.0. The van der Waals surface area contributed by atoms with Gasteiger partial charge in [0, 0.05) is 40.7 Å². The number of nitrogens with zero attached hydrogens (tertiary/aromatic N) is 1. The molecule has 48 heavy (non-hydrogen) atoms. The van der Waals surface area contributed by atoms with E-state index in [4.69, 9.17) is 26.8 Å². The van der Waals surface area contributed by atoms with Crippen molar-refractivity contribution >= 4 is 29.7 Å². The third kappa shape index (κ3) is 9.46. The molecule has 3 aromatic rings. The van der Waals surface area contributed by atoms with Gasteiger partial charge in [-0.25, -0.2) is 18.4 Å². The molecule has 3 N–H and O–H groups in total. The molecule has 1 aliphatic rings. The largest absolute Gasteiger partial charge is 0.444 e. The molecule has 0 bridgehead atoms. The number of halogens is 3. The second-order valence-corrected chi connectivity index (χ2v) is 14.5. The maximum absolute atomic E-state index is 15.3. The number of ether oxygens (including phenoxy) is 2. The van der Waals surface area contributed by atoms with Crippen LogP contribution in [0.3, 0.4) is 0 Å². The summed E-state index contributed by atoms with van der Waals surface area (Å²) in [6.45, 7) is 11.0. The van der Waals surface area contributed by atoms with Gasteiger partial charge in [0.15, 0.2) is 11.6 Å². The van der Waals surface area contributed by atoms with Crippen LogP contribution in [0.5, 0.6) is 0 Å². The zero-order valence-electron chi connectivity index (χ0n) is 28.2. The molecule has 3 amide bonds. The van der Waals surface area contributed by atoms with Gasteiger partial charge in [0.25, 0.3) is 0 Å². The predicted molar refractivity (Wildman–Crippen MR) is 182 cm³/mol. The predicted octanol–water partition coefficient (Wildman–Crippen LogP) is 8.59. The van der Waals surface area contributed by atoms with E-state index in [2.05, 4.69) is 5.32 Å². The van der Waals surface area contributed by atoms with E-state index in [-0.39, 0.29) is 40.3 Å². The second-order valence-electron chi connectivity index (χ2n) is 14.1. The van der Waals surface area contributed by atoms with E-state index < -0.39 is 46.8 Å². The number of nitrogens with one attached hydrogen (secondary N) is 1. The Hall–Kier alpha value is -4.18. The number of carbonyl (C=O) groups is 3. The number of carbonyl (C=O) groups excluding carboxylic acids is 3. The SMILES string of the molecule is CC(C)(C)OC(=O)NC1CCC(N(CC(c2ccccc2)c2ccc(Cl)c(-c3c(C(N)=O)ccc(F)c3F)c2)C(=O)OC(C)(C)C)CC1. The lowest BCUT2D eigenvalue weighted by molar-refractivity contribution is 0.00940. The number of nitrogens with two attached hydrogens (primary N) is 1. The number of hydrogen-bond acceptors (Lipinski definition) is 5. The fourth-order valence-electron chi connectivity index (χ4n) is 5.96. The molecule has 11 heteroatoms. The summed E-state index contributed by atoms with van der Waals surface area (Å²) in [4.78, 5) is 40.3. The van der Waals surface area contributed by atoms with Gasteiger partial charge < -0.3 is 25.4 Å². The summed E-state index contributed by atoms with van der Waals surface area (Å²) in [7, 11) is 0. The van der Waals surface area contributed by atoms with Crippen LogP contribution in [0.15, 0.2) is 60.7 Å². The highest BCUT2D eigenvalue weighted by atomic mass is 35.5. The molecule has 0 aliphatic heterocycles. The third-order valence-electron chi connectivity index (χ3n) is 8.09. The number of primary amides is 1. The Balaban J connectivity index is 1.72. The molecule has 8 nitrogen and oxygen atoms in total. The van der Waals surface area contributed by atoms with Crippen molar-refractivity contribution in [3.8, 4) is 11.1 Å². The van der Waals surface area contributed by atoms with Gasteiger partial charge in [-0.3, -0.25) is 4.79 Å². The molecule has 1 fully saturated rings. The second kappa shape index (κ2) is 14.9. The van der Waals surface area contributed by atoms with Crippen LogP contribution in [0.2, 0.25) is 5.02 Å². The molecule has 3 aromatic carbocycles. The van der Waals surface area contributed by atoms with Crippen molar-refractivity contribution in [1.29, 1.82) is 0 Å². The molecular weight excluding hydrogens is 640 g/mol. The van der Waals surface area contributed by atoms with Gasteiger partial charge in [0.2, 0.25) is 5.91 Å². The fourth-order valence-corrected chi connectivity index (χ4v) is 6.17. The minimum atomic E-state index is -1.24. The summed E-state index contributed by atoms with van der Waals surface area (Å²) in [5, 5.41) is 3.04. The molecule has 1 atom stereocenters. The van der Waals surface area contributed by atoms with Gasteiger partial charge in [-0.15, -0.1) is 0 Å². The van der Waals surface area contributed by atoms with Gasteiger partial charge in [-0.1, -0.05) is 48.0 Å². The summed E-state index contributed by atoms with van der Waals surface area (Å²) < 4.78 is 41.1. The monoisotopic (exact) mass is 683 g/mol. The number of benzene rings is 3. The Morgan fingerprint density at radius 1 is 0.896 bits per heavy atom. The van der Waals surface area contributed by atoms with Gasteiger partial charge in [0.1, 0.15) is 11.2 Å². The summed E-state index contributed by atoms with van der Waals surface area (Å²) in [5.41, 5.74) is 5.22. The van der Waals surface area contributed by atoms with Crippen molar-refractivity contribution in [1.82, 2.24) is 10.2 Å². The highest BCUT2D eigenvalue weighted by Gasteiger charge is 2.35. The first-order chi connectivity index (χ1) is 22.4. The minimum Gasteiger partial charge on any atom is -0.444 e. The average molecular weight is 684 g/mol. The summed E-state index contributed by atoms with van der Waals surface area (Å²) in [6.07, 6.45) is 1.48. The Labute approximate surface area is 285 Å². The number of alkyl carbamates (subject to hydrolysis) is 1. The van der Waals surface area contributed by atoms with Crippen molar-refractivity contribution in [2.75, 3.05) is 6.54 Å². The lowest BCUT2D eigenvalue weighted by atomic mass is 9.86. The molecule has 258 valence electrons. The maximum Gasteiger partial charge on any atom is 0.410 e. The van der Waals surface area contributed by atoms with E-state index in [0.29, 0.717) is 31.2 Å². The normalized spacial score (nSPS) is 17.3. The fraction of sp³-hybridized carbons (Fsp3) is 0.432. The third-order valence-corrected chi connectivity index (χ3v) is 8.42. The minimum absolute atomic E-state index is 0.0948. The van der Waals surface area contributed by atoms with Crippen LogP contribution in [0.4, 0.5) is 18.4 Å². The van der Waals surface area contributed by atoms with E-state index in [1.807, 2.05) is 30.3 Å². The van der Waals surface area contributed by atoms with Crippen LogP contribution in [0.1, 0.15) is 94.6 Å². The van der Waals surface area contributed by atoms with Gasteiger partial charge >= 0.3 is 12.2 Å². The van der Waals surface area contributed by atoms with Crippen molar-refractivity contribution in [2.45, 2.75) is 96.4 Å². The lowest BCUT2D eigenvalue weighted by Crippen LogP contribution is -2.49. The van der Waals surface area contributed by atoms with E-state index in [9.17, 15) is 18.8 Å². The summed E-state index contributed by atoms with van der Waals surface area (Å²) in [5.74, 6) is -3.78. The molecule has 0 spiro atoms. The molecule has 0 aromatic heterocycles. The molecule has 1 saturated carbocycles. The summed E-state index contributed by atoms with van der Waals surface area (Å²) >= 11 is 6.55. The van der Waals surface area contributed by atoms with Crippen LogP contribution < -0.4 is 11.1 Å². The van der Waals surface area contributed by atoms with Crippen molar-refractivity contribution in [2.24, 2.45) is 5.73 Å². The van der Waals surface area contributed by atoms with Gasteiger partial charge in [0.05, 0.1) is 5.56 Å². The molecular formula is C37H44ClF2N3O5. The quantitative estimate of drug-likeness (QED) is 0.247. The van der Waals surface area contributed by atoms with E-state index >= 15 is 4.39 Å². The first kappa shape index (κ1) is 36.7. The molecule has 1 aliphatic carbocycles. The Morgan fingerprint density at radius 3 is 2.10 bits per heavy atom.